The number of aromatic nitrogens is 1. The topological polar surface area (TPSA) is 68.7 Å². The lowest BCUT2D eigenvalue weighted by Crippen LogP contribution is -2.31. The molecule has 0 N–H and O–H groups in total. The van der Waals surface area contributed by atoms with Gasteiger partial charge in [0.2, 0.25) is 10.0 Å². The third-order valence-electron chi connectivity index (χ3n) is 4.76. The third-order valence-corrected chi connectivity index (χ3v) is 6.91. The van der Waals surface area contributed by atoms with Gasteiger partial charge < -0.3 is 9.47 Å². The molecule has 0 bridgehead atoms. The number of fused-ring (bicyclic) bond motifs is 1. The van der Waals surface area contributed by atoms with Crippen LogP contribution in [-0.2, 0) is 10.0 Å². The Balaban J connectivity index is 1.52. The maximum atomic E-state index is 13.0. The van der Waals surface area contributed by atoms with Crippen LogP contribution in [0.5, 0.6) is 11.5 Å². The van der Waals surface area contributed by atoms with E-state index in [0.29, 0.717) is 24.5 Å². The number of pyridine rings is 1. The molecule has 1 aromatic heterocycles. The Bertz CT molecular complexity index is 1110. The average molecular weight is 419 g/mol. The van der Waals surface area contributed by atoms with Crippen molar-refractivity contribution >= 4 is 32.5 Å². The molecule has 4 rings (SSSR count). The zero-order valence-electron chi connectivity index (χ0n) is 15.2. The highest BCUT2D eigenvalue weighted by Gasteiger charge is 2.34. The number of hydrogen-bond donors (Lipinski definition) is 0. The van der Waals surface area contributed by atoms with Crippen LogP contribution in [0.3, 0.4) is 0 Å². The van der Waals surface area contributed by atoms with E-state index in [0.717, 1.165) is 10.9 Å². The Morgan fingerprint density at radius 2 is 1.96 bits per heavy atom. The first-order valence-corrected chi connectivity index (χ1v) is 10.6. The van der Waals surface area contributed by atoms with E-state index in [2.05, 4.69) is 4.98 Å². The highest BCUT2D eigenvalue weighted by atomic mass is 35.5. The van der Waals surface area contributed by atoms with E-state index in [9.17, 15) is 8.42 Å². The van der Waals surface area contributed by atoms with Crippen molar-refractivity contribution in [1.29, 1.82) is 0 Å². The second-order valence-electron chi connectivity index (χ2n) is 6.52. The van der Waals surface area contributed by atoms with Crippen molar-refractivity contribution in [2.45, 2.75) is 17.4 Å². The normalized spacial score (nSPS) is 17.7. The van der Waals surface area contributed by atoms with E-state index in [1.807, 2.05) is 30.3 Å². The number of ether oxygens (including phenoxy) is 2. The summed E-state index contributed by atoms with van der Waals surface area (Å²) in [6.07, 6.45) is 2.08. The molecule has 0 saturated carbocycles. The van der Waals surface area contributed by atoms with Crippen molar-refractivity contribution in [2.24, 2.45) is 0 Å². The van der Waals surface area contributed by atoms with E-state index < -0.39 is 10.0 Å². The number of para-hydroxylation sites is 1. The van der Waals surface area contributed by atoms with Gasteiger partial charge in [-0.25, -0.2) is 8.42 Å². The molecule has 0 spiro atoms. The number of sulfonamides is 1. The quantitative estimate of drug-likeness (QED) is 0.631. The van der Waals surface area contributed by atoms with Crippen molar-refractivity contribution < 1.29 is 17.9 Å². The molecule has 0 radical (unpaired) electrons. The van der Waals surface area contributed by atoms with Gasteiger partial charge >= 0.3 is 0 Å². The van der Waals surface area contributed by atoms with Crippen LogP contribution in [0.2, 0.25) is 5.02 Å². The van der Waals surface area contributed by atoms with Gasteiger partial charge in [0, 0.05) is 18.1 Å². The molecular weight excluding hydrogens is 400 g/mol. The summed E-state index contributed by atoms with van der Waals surface area (Å²) in [7, 11) is -2.17. The minimum absolute atomic E-state index is 0.144. The molecule has 0 aliphatic carbocycles. The van der Waals surface area contributed by atoms with Gasteiger partial charge in [0.15, 0.2) is 0 Å². The van der Waals surface area contributed by atoms with Crippen LogP contribution in [-0.4, -0.2) is 44.0 Å². The van der Waals surface area contributed by atoms with E-state index in [-0.39, 0.29) is 22.6 Å². The van der Waals surface area contributed by atoms with Crippen LogP contribution in [0.25, 0.3) is 10.9 Å². The lowest BCUT2D eigenvalue weighted by atomic mass is 10.2. The van der Waals surface area contributed by atoms with E-state index >= 15 is 0 Å². The zero-order valence-corrected chi connectivity index (χ0v) is 16.8. The van der Waals surface area contributed by atoms with Crippen LogP contribution >= 0.6 is 11.6 Å². The molecule has 1 fully saturated rings. The van der Waals surface area contributed by atoms with Crippen molar-refractivity contribution in [3.05, 3.63) is 59.8 Å². The Kier molecular flexibility index (Phi) is 5.14. The van der Waals surface area contributed by atoms with Crippen molar-refractivity contribution in [3.8, 4) is 11.5 Å². The molecule has 1 saturated heterocycles. The smallest absolute Gasteiger partial charge is 0.243 e. The van der Waals surface area contributed by atoms with Gasteiger partial charge in [-0.3, -0.25) is 4.98 Å². The van der Waals surface area contributed by atoms with Gasteiger partial charge in [-0.1, -0.05) is 29.8 Å². The summed E-state index contributed by atoms with van der Waals surface area (Å²) >= 11 is 6.09. The van der Waals surface area contributed by atoms with Crippen molar-refractivity contribution in [2.75, 3.05) is 20.2 Å². The largest absolute Gasteiger partial charge is 0.495 e. The second kappa shape index (κ2) is 7.58. The molecule has 2 heterocycles. The van der Waals surface area contributed by atoms with Gasteiger partial charge in [0.1, 0.15) is 23.1 Å². The van der Waals surface area contributed by atoms with Crippen LogP contribution in [0, 0.1) is 0 Å². The van der Waals surface area contributed by atoms with Crippen LogP contribution in [0.1, 0.15) is 6.42 Å². The predicted octanol–water partition coefficient (Wildman–Crippen LogP) is 3.74. The minimum Gasteiger partial charge on any atom is -0.495 e. The highest BCUT2D eigenvalue weighted by Crippen LogP contribution is 2.31. The predicted molar refractivity (Wildman–Crippen MR) is 108 cm³/mol. The monoisotopic (exact) mass is 418 g/mol. The van der Waals surface area contributed by atoms with Crippen LogP contribution in [0.4, 0.5) is 0 Å². The maximum Gasteiger partial charge on any atom is 0.243 e. The Labute approximate surface area is 168 Å². The lowest BCUT2D eigenvalue weighted by molar-refractivity contribution is 0.218. The minimum atomic E-state index is -3.66. The number of benzene rings is 2. The fourth-order valence-electron chi connectivity index (χ4n) is 3.32. The summed E-state index contributed by atoms with van der Waals surface area (Å²) in [5.74, 6) is 1.10. The number of hydrogen-bond acceptors (Lipinski definition) is 5. The second-order valence-corrected chi connectivity index (χ2v) is 8.86. The molecule has 1 aliphatic rings. The molecule has 6 nitrogen and oxygen atoms in total. The summed E-state index contributed by atoms with van der Waals surface area (Å²) < 4.78 is 38.5. The van der Waals surface area contributed by atoms with E-state index in [4.69, 9.17) is 21.1 Å². The maximum absolute atomic E-state index is 13.0. The molecule has 3 aromatic rings. The third kappa shape index (κ3) is 3.53. The Morgan fingerprint density at radius 1 is 1.14 bits per heavy atom. The fourth-order valence-corrected chi connectivity index (χ4v) is 5.16. The van der Waals surface area contributed by atoms with Crippen molar-refractivity contribution in [3.63, 3.8) is 0 Å². The van der Waals surface area contributed by atoms with Gasteiger partial charge in [0.25, 0.3) is 0 Å². The molecule has 0 amide bonds. The first-order chi connectivity index (χ1) is 13.5. The SMILES string of the molecule is COc1ccc(S(=O)(=O)N2CCC(Oc3cccc4cccnc34)C2)cc1Cl. The van der Waals surface area contributed by atoms with E-state index in [1.54, 1.807) is 12.3 Å². The summed E-state index contributed by atoms with van der Waals surface area (Å²) in [5, 5.41) is 1.24. The highest BCUT2D eigenvalue weighted by molar-refractivity contribution is 7.89. The van der Waals surface area contributed by atoms with Gasteiger partial charge in [-0.2, -0.15) is 4.31 Å². The van der Waals surface area contributed by atoms with Gasteiger partial charge in [-0.15, -0.1) is 0 Å². The van der Waals surface area contributed by atoms with E-state index in [1.165, 1.54) is 23.5 Å². The molecule has 1 unspecified atom stereocenters. The van der Waals surface area contributed by atoms with Gasteiger partial charge in [0.05, 0.1) is 23.6 Å². The number of methoxy groups -OCH3 is 1. The summed E-state index contributed by atoms with van der Waals surface area (Å²) in [5.41, 5.74) is 0.772. The molecular formula is C20H19ClN2O4S. The Morgan fingerprint density at radius 3 is 2.75 bits per heavy atom. The lowest BCUT2D eigenvalue weighted by Gasteiger charge is -2.18. The summed E-state index contributed by atoms with van der Waals surface area (Å²) in [4.78, 5) is 4.53. The number of rotatable bonds is 5. The summed E-state index contributed by atoms with van der Waals surface area (Å²) in [6, 6.07) is 14.0. The average Bonchev–Trinajstić information content (AvgIpc) is 3.17. The molecule has 146 valence electrons. The standard InChI is InChI=1S/C20H19ClN2O4S/c1-26-18-8-7-16(12-17(18)21)28(24,25)23-11-9-15(13-23)27-19-6-2-4-14-5-3-10-22-20(14)19/h2-8,10,12,15H,9,11,13H2,1H3. The first-order valence-electron chi connectivity index (χ1n) is 8.83. The molecule has 1 atom stereocenters. The van der Waals surface area contributed by atoms with Crippen molar-refractivity contribution in [1.82, 2.24) is 9.29 Å². The van der Waals surface area contributed by atoms with Gasteiger partial charge in [-0.05, 0) is 36.8 Å². The first kappa shape index (κ1) is 19.0. The van der Waals surface area contributed by atoms with Crippen LogP contribution in [0.15, 0.2) is 59.6 Å². The molecule has 2 aromatic carbocycles. The fraction of sp³-hybridized carbons (Fsp3) is 0.250. The summed E-state index contributed by atoms with van der Waals surface area (Å²) in [6.45, 7) is 0.657. The number of halogens is 1. The van der Waals surface area contributed by atoms with Crippen LogP contribution < -0.4 is 9.47 Å². The Hall–Kier alpha value is -2.35. The molecule has 8 heteroatoms. The zero-order chi connectivity index (χ0) is 19.7. The molecule has 1 aliphatic heterocycles. The molecule has 28 heavy (non-hydrogen) atoms. The number of nitrogens with zero attached hydrogens (tertiary/aromatic N) is 2.